The minimum atomic E-state index is 0.172. The van der Waals surface area contributed by atoms with E-state index in [0.29, 0.717) is 5.92 Å². The van der Waals surface area contributed by atoms with Crippen LogP contribution in [-0.4, -0.2) is 0 Å². The molecule has 0 saturated heterocycles. The lowest BCUT2D eigenvalue weighted by Gasteiger charge is -2.17. The molecule has 0 amide bonds. The highest BCUT2D eigenvalue weighted by Gasteiger charge is 2.11. The maximum atomic E-state index is 6.04. The molecule has 0 spiro atoms. The lowest BCUT2D eigenvalue weighted by atomic mass is 9.94. The second-order valence-corrected chi connectivity index (χ2v) is 3.63. The average Bonchev–Trinajstić information content (AvgIpc) is 2.04. The average molecular weight is 163 g/mol. The first-order valence-corrected chi connectivity index (χ1v) is 4.44. The van der Waals surface area contributed by atoms with Gasteiger partial charge in [-0.25, -0.2) is 0 Å². The number of rotatable bonds is 2. The van der Waals surface area contributed by atoms with Gasteiger partial charge in [0.25, 0.3) is 0 Å². The van der Waals surface area contributed by atoms with E-state index in [4.69, 9.17) is 5.73 Å². The normalized spacial score (nSPS) is 13.4. The van der Waals surface area contributed by atoms with Gasteiger partial charge in [-0.1, -0.05) is 38.1 Å². The fourth-order valence-corrected chi connectivity index (χ4v) is 1.32. The van der Waals surface area contributed by atoms with Crippen LogP contribution in [-0.2, 0) is 0 Å². The van der Waals surface area contributed by atoms with Gasteiger partial charge in [0, 0.05) is 6.04 Å². The van der Waals surface area contributed by atoms with Gasteiger partial charge in [-0.15, -0.1) is 0 Å². The number of hydrogen-bond donors (Lipinski definition) is 1. The van der Waals surface area contributed by atoms with Crippen LogP contribution < -0.4 is 5.73 Å². The summed E-state index contributed by atoms with van der Waals surface area (Å²) in [6, 6.07) is 8.49. The van der Waals surface area contributed by atoms with Crippen LogP contribution >= 0.6 is 0 Å². The molecular formula is C11H17N. The minimum absolute atomic E-state index is 0.172. The lowest BCUT2D eigenvalue weighted by Crippen LogP contribution is -2.17. The Morgan fingerprint density at radius 2 is 1.75 bits per heavy atom. The van der Waals surface area contributed by atoms with Crippen molar-refractivity contribution < 1.29 is 0 Å². The van der Waals surface area contributed by atoms with Crippen molar-refractivity contribution >= 4 is 0 Å². The molecular weight excluding hydrogens is 146 g/mol. The van der Waals surface area contributed by atoms with Gasteiger partial charge in [0.2, 0.25) is 0 Å². The van der Waals surface area contributed by atoms with E-state index in [0.717, 1.165) is 0 Å². The molecule has 0 unspecified atom stereocenters. The summed E-state index contributed by atoms with van der Waals surface area (Å²) in [4.78, 5) is 0. The van der Waals surface area contributed by atoms with E-state index >= 15 is 0 Å². The van der Waals surface area contributed by atoms with Crippen molar-refractivity contribution in [3.8, 4) is 0 Å². The summed E-state index contributed by atoms with van der Waals surface area (Å²) in [5, 5.41) is 0. The van der Waals surface area contributed by atoms with Crippen LogP contribution in [0.1, 0.15) is 31.0 Å². The van der Waals surface area contributed by atoms with Gasteiger partial charge in [0.15, 0.2) is 0 Å². The van der Waals surface area contributed by atoms with E-state index < -0.39 is 0 Å². The first-order valence-electron chi connectivity index (χ1n) is 4.44. The molecule has 0 saturated carbocycles. The largest absolute Gasteiger partial charge is 0.324 e. The molecule has 12 heavy (non-hydrogen) atoms. The van der Waals surface area contributed by atoms with Crippen LogP contribution in [0.25, 0.3) is 0 Å². The molecule has 0 radical (unpaired) electrons. The summed E-state index contributed by atoms with van der Waals surface area (Å²) in [5.74, 6) is 0.506. The molecule has 1 nitrogen and oxygen atoms in total. The van der Waals surface area contributed by atoms with E-state index in [1.807, 2.05) is 12.1 Å². The number of aryl methyl sites for hydroxylation is 1. The zero-order chi connectivity index (χ0) is 9.14. The van der Waals surface area contributed by atoms with Gasteiger partial charge in [0.1, 0.15) is 0 Å². The van der Waals surface area contributed by atoms with E-state index in [1.165, 1.54) is 11.1 Å². The third-order valence-electron chi connectivity index (χ3n) is 2.27. The zero-order valence-corrected chi connectivity index (χ0v) is 8.04. The molecule has 2 N–H and O–H groups in total. The number of hydrogen-bond acceptors (Lipinski definition) is 1. The van der Waals surface area contributed by atoms with Gasteiger partial charge in [-0.05, 0) is 24.0 Å². The zero-order valence-electron chi connectivity index (χ0n) is 8.04. The first-order chi connectivity index (χ1) is 5.63. The van der Waals surface area contributed by atoms with Gasteiger partial charge in [0.05, 0.1) is 0 Å². The topological polar surface area (TPSA) is 26.0 Å². The smallest absolute Gasteiger partial charge is 0.0320 e. The monoisotopic (exact) mass is 163 g/mol. The molecule has 0 fully saturated rings. The van der Waals surface area contributed by atoms with Crippen LogP contribution in [0.3, 0.4) is 0 Å². The van der Waals surface area contributed by atoms with E-state index in [1.54, 1.807) is 0 Å². The highest BCUT2D eigenvalue weighted by atomic mass is 14.6. The van der Waals surface area contributed by atoms with Crippen molar-refractivity contribution in [2.24, 2.45) is 11.7 Å². The van der Waals surface area contributed by atoms with Gasteiger partial charge >= 0.3 is 0 Å². The summed E-state index contributed by atoms with van der Waals surface area (Å²) in [6.07, 6.45) is 0. The second kappa shape index (κ2) is 3.72. The predicted molar refractivity (Wildman–Crippen MR) is 52.9 cm³/mol. The Bertz CT molecular complexity index is 253. The quantitative estimate of drug-likeness (QED) is 0.712. The Labute approximate surface area is 74.6 Å². The highest BCUT2D eigenvalue weighted by Crippen LogP contribution is 2.21. The van der Waals surface area contributed by atoms with Crippen molar-refractivity contribution in [1.29, 1.82) is 0 Å². The Morgan fingerprint density at radius 1 is 1.17 bits per heavy atom. The summed E-state index contributed by atoms with van der Waals surface area (Å²) in [7, 11) is 0. The Kier molecular flexibility index (Phi) is 2.88. The van der Waals surface area contributed by atoms with E-state index in [9.17, 15) is 0 Å². The van der Waals surface area contributed by atoms with Crippen LogP contribution in [0.4, 0.5) is 0 Å². The molecule has 0 aliphatic carbocycles. The van der Waals surface area contributed by atoms with Crippen LogP contribution in [0.5, 0.6) is 0 Å². The fourth-order valence-electron chi connectivity index (χ4n) is 1.32. The summed E-state index contributed by atoms with van der Waals surface area (Å²) >= 11 is 0. The molecule has 0 bridgehead atoms. The number of nitrogens with two attached hydrogens (primary N) is 1. The molecule has 1 aromatic rings. The van der Waals surface area contributed by atoms with Crippen molar-refractivity contribution in [2.75, 3.05) is 0 Å². The Balaban J connectivity index is 2.94. The molecule has 1 aromatic carbocycles. The van der Waals surface area contributed by atoms with E-state index in [2.05, 4.69) is 32.9 Å². The first kappa shape index (κ1) is 9.27. The highest BCUT2D eigenvalue weighted by molar-refractivity contribution is 5.28. The van der Waals surface area contributed by atoms with Crippen molar-refractivity contribution in [3.05, 3.63) is 35.4 Å². The molecule has 1 heteroatoms. The van der Waals surface area contributed by atoms with Gasteiger partial charge < -0.3 is 5.73 Å². The summed E-state index contributed by atoms with van der Waals surface area (Å²) in [6.45, 7) is 6.41. The van der Waals surface area contributed by atoms with Gasteiger partial charge in [-0.3, -0.25) is 0 Å². The molecule has 1 atom stereocenters. The molecule has 0 heterocycles. The molecule has 1 rings (SSSR count). The van der Waals surface area contributed by atoms with Gasteiger partial charge in [-0.2, -0.15) is 0 Å². The van der Waals surface area contributed by atoms with Crippen LogP contribution in [0.15, 0.2) is 24.3 Å². The fraction of sp³-hybridized carbons (Fsp3) is 0.455. The molecule has 0 aliphatic heterocycles. The molecule has 0 aromatic heterocycles. The third kappa shape index (κ3) is 1.86. The Hall–Kier alpha value is -0.820. The second-order valence-electron chi connectivity index (χ2n) is 3.63. The summed E-state index contributed by atoms with van der Waals surface area (Å²) in [5.41, 5.74) is 8.60. The number of benzene rings is 1. The standard InChI is InChI=1S/C11H17N/c1-8(2)11(12)10-7-5-4-6-9(10)3/h4-8,11H,12H2,1-3H3/t11-/m1/s1. The predicted octanol–water partition coefficient (Wildman–Crippen LogP) is 2.65. The lowest BCUT2D eigenvalue weighted by molar-refractivity contribution is 0.512. The minimum Gasteiger partial charge on any atom is -0.324 e. The SMILES string of the molecule is Cc1ccccc1[C@H](N)C(C)C. The summed E-state index contributed by atoms with van der Waals surface area (Å²) < 4.78 is 0. The molecule has 66 valence electrons. The van der Waals surface area contributed by atoms with Crippen molar-refractivity contribution in [2.45, 2.75) is 26.8 Å². The maximum absolute atomic E-state index is 6.04. The Morgan fingerprint density at radius 3 is 2.25 bits per heavy atom. The van der Waals surface area contributed by atoms with Crippen LogP contribution in [0.2, 0.25) is 0 Å². The molecule has 0 aliphatic rings. The van der Waals surface area contributed by atoms with Crippen molar-refractivity contribution in [3.63, 3.8) is 0 Å². The van der Waals surface area contributed by atoms with Crippen LogP contribution in [0, 0.1) is 12.8 Å². The van der Waals surface area contributed by atoms with E-state index in [-0.39, 0.29) is 6.04 Å². The third-order valence-corrected chi connectivity index (χ3v) is 2.27. The maximum Gasteiger partial charge on any atom is 0.0320 e. The van der Waals surface area contributed by atoms with Crippen molar-refractivity contribution in [1.82, 2.24) is 0 Å².